The molecule has 0 bridgehead atoms. The summed E-state index contributed by atoms with van der Waals surface area (Å²) in [6, 6.07) is 21.6. The molecule has 3 aromatic rings. The van der Waals surface area contributed by atoms with Crippen LogP contribution in [0.2, 0.25) is 0 Å². The number of hydrogen-bond donors (Lipinski definition) is 1. The van der Waals surface area contributed by atoms with Gasteiger partial charge in [0.05, 0.1) is 18.0 Å². The molecule has 0 aliphatic carbocycles. The van der Waals surface area contributed by atoms with E-state index in [0.29, 0.717) is 12.1 Å². The van der Waals surface area contributed by atoms with E-state index in [0.717, 1.165) is 27.8 Å². The molecule has 0 aromatic heterocycles. The van der Waals surface area contributed by atoms with Crippen molar-refractivity contribution in [2.24, 2.45) is 0 Å². The SMILES string of the molecule is Cc1cc(C)cc(N(CCCC(=O)N[C@@H](c2ccccc2)c2ccc(C)cc2C)S(C)(=O)=O)c1. The fraction of sp³-hybridized carbons (Fsp3) is 0.321. The van der Waals surface area contributed by atoms with Gasteiger partial charge in [0.15, 0.2) is 0 Å². The summed E-state index contributed by atoms with van der Waals surface area (Å²) in [5, 5.41) is 3.17. The first-order chi connectivity index (χ1) is 16.0. The third-order valence-corrected chi connectivity index (χ3v) is 7.03. The van der Waals surface area contributed by atoms with Crippen LogP contribution in [0.25, 0.3) is 0 Å². The Balaban J connectivity index is 1.74. The first-order valence-corrected chi connectivity index (χ1v) is 13.4. The largest absolute Gasteiger partial charge is 0.345 e. The van der Waals surface area contributed by atoms with Crippen LogP contribution >= 0.6 is 0 Å². The molecule has 0 heterocycles. The highest BCUT2D eigenvalue weighted by molar-refractivity contribution is 7.92. The second-order valence-electron chi connectivity index (χ2n) is 9.06. The Morgan fingerprint density at radius 1 is 0.882 bits per heavy atom. The molecule has 1 amide bonds. The molecule has 34 heavy (non-hydrogen) atoms. The lowest BCUT2D eigenvalue weighted by molar-refractivity contribution is -0.121. The van der Waals surface area contributed by atoms with Gasteiger partial charge in [0.1, 0.15) is 0 Å². The molecule has 180 valence electrons. The van der Waals surface area contributed by atoms with E-state index in [1.165, 1.54) is 16.1 Å². The van der Waals surface area contributed by atoms with Crippen LogP contribution in [0.1, 0.15) is 52.3 Å². The first kappa shape index (κ1) is 25.5. The minimum atomic E-state index is -3.47. The van der Waals surface area contributed by atoms with Crippen molar-refractivity contribution in [2.45, 2.75) is 46.6 Å². The summed E-state index contributed by atoms with van der Waals surface area (Å²) in [6.45, 7) is 8.24. The number of carbonyl (C=O) groups is 1. The molecule has 0 saturated carbocycles. The summed E-state index contributed by atoms with van der Waals surface area (Å²) >= 11 is 0. The molecule has 6 heteroatoms. The molecule has 3 aromatic carbocycles. The molecular weight excluding hydrogens is 444 g/mol. The van der Waals surface area contributed by atoms with E-state index in [2.05, 4.69) is 37.4 Å². The van der Waals surface area contributed by atoms with Crippen LogP contribution in [-0.2, 0) is 14.8 Å². The predicted molar refractivity (Wildman–Crippen MR) is 140 cm³/mol. The molecule has 0 fully saturated rings. The summed E-state index contributed by atoms with van der Waals surface area (Å²) < 4.78 is 26.3. The van der Waals surface area contributed by atoms with Crippen molar-refractivity contribution in [3.05, 3.63) is 100 Å². The van der Waals surface area contributed by atoms with Gasteiger partial charge in [-0.05, 0) is 74.1 Å². The van der Waals surface area contributed by atoms with Crippen LogP contribution in [0.15, 0.2) is 66.7 Å². The van der Waals surface area contributed by atoms with E-state index in [1.807, 2.05) is 62.4 Å². The highest BCUT2D eigenvalue weighted by Crippen LogP contribution is 2.26. The van der Waals surface area contributed by atoms with E-state index in [4.69, 9.17) is 0 Å². The Kier molecular flexibility index (Phi) is 8.15. The molecule has 5 nitrogen and oxygen atoms in total. The number of amides is 1. The Morgan fingerprint density at radius 2 is 1.53 bits per heavy atom. The van der Waals surface area contributed by atoms with Gasteiger partial charge < -0.3 is 5.32 Å². The van der Waals surface area contributed by atoms with Gasteiger partial charge >= 0.3 is 0 Å². The topological polar surface area (TPSA) is 66.5 Å². The fourth-order valence-corrected chi connectivity index (χ4v) is 5.28. The second kappa shape index (κ2) is 10.9. The molecule has 0 saturated heterocycles. The monoisotopic (exact) mass is 478 g/mol. The van der Waals surface area contributed by atoms with Crippen molar-refractivity contribution in [1.29, 1.82) is 0 Å². The number of hydrogen-bond acceptors (Lipinski definition) is 3. The van der Waals surface area contributed by atoms with Gasteiger partial charge in [-0.2, -0.15) is 0 Å². The van der Waals surface area contributed by atoms with Gasteiger partial charge in [0, 0.05) is 13.0 Å². The van der Waals surface area contributed by atoms with Gasteiger partial charge in [-0.15, -0.1) is 0 Å². The van der Waals surface area contributed by atoms with Gasteiger partial charge in [-0.25, -0.2) is 8.42 Å². The van der Waals surface area contributed by atoms with Crippen LogP contribution in [0.4, 0.5) is 5.69 Å². The van der Waals surface area contributed by atoms with Crippen molar-refractivity contribution in [3.63, 3.8) is 0 Å². The maximum absolute atomic E-state index is 13.0. The fourth-order valence-electron chi connectivity index (χ4n) is 4.33. The average Bonchev–Trinajstić information content (AvgIpc) is 2.74. The molecule has 1 N–H and O–H groups in total. The quantitative estimate of drug-likeness (QED) is 0.449. The molecule has 1 atom stereocenters. The smallest absolute Gasteiger partial charge is 0.232 e. The molecule has 0 radical (unpaired) electrons. The van der Waals surface area contributed by atoms with E-state index in [1.54, 1.807) is 0 Å². The Morgan fingerprint density at radius 3 is 2.12 bits per heavy atom. The van der Waals surface area contributed by atoms with Crippen molar-refractivity contribution in [3.8, 4) is 0 Å². The van der Waals surface area contributed by atoms with E-state index < -0.39 is 10.0 Å². The standard InChI is InChI=1S/C28H34N2O3S/c1-20-13-14-26(23(4)17-20)28(24-10-7-6-8-11-24)29-27(31)12-9-15-30(34(5,32)33)25-18-21(2)16-22(3)19-25/h6-8,10-11,13-14,16-19,28H,9,12,15H2,1-5H3,(H,29,31)/t28-/m0/s1. The normalized spacial score (nSPS) is 12.3. The molecule has 0 unspecified atom stereocenters. The van der Waals surface area contributed by atoms with Gasteiger partial charge in [0.2, 0.25) is 15.9 Å². The number of nitrogens with zero attached hydrogens (tertiary/aromatic N) is 1. The Hall–Kier alpha value is -3.12. The first-order valence-electron chi connectivity index (χ1n) is 11.5. The molecule has 0 spiro atoms. The number of anilines is 1. The number of rotatable bonds is 9. The Bertz CT molecular complexity index is 1230. The lowest BCUT2D eigenvalue weighted by Gasteiger charge is -2.24. The zero-order chi connectivity index (χ0) is 24.9. The average molecular weight is 479 g/mol. The summed E-state index contributed by atoms with van der Waals surface area (Å²) in [6.07, 6.45) is 1.85. The van der Waals surface area contributed by atoms with Gasteiger partial charge in [0.25, 0.3) is 0 Å². The van der Waals surface area contributed by atoms with Crippen molar-refractivity contribution in [2.75, 3.05) is 17.1 Å². The number of nitrogens with one attached hydrogen (secondary N) is 1. The highest BCUT2D eigenvalue weighted by Gasteiger charge is 2.21. The lowest BCUT2D eigenvalue weighted by Crippen LogP contribution is -2.33. The van der Waals surface area contributed by atoms with Crippen LogP contribution in [0.3, 0.4) is 0 Å². The summed E-state index contributed by atoms with van der Waals surface area (Å²) in [4.78, 5) is 13.0. The van der Waals surface area contributed by atoms with Crippen LogP contribution in [0, 0.1) is 27.7 Å². The maximum atomic E-state index is 13.0. The van der Waals surface area contributed by atoms with Crippen molar-refractivity contribution >= 4 is 21.6 Å². The third-order valence-electron chi connectivity index (χ3n) is 5.83. The number of benzene rings is 3. The summed E-state index contributed by atoms with van der Waals surface area (Å²) in [5.41, 5.74) is 6.99. The third kappa shape index (κ3) is 6.70. The van der Waals surface area contributed by atoms with Gasteiger partial charge in [-0.1, -0.05) is 60.2 Å². The highest BCUT2D eigenvalue weighted by atomic mass is 32.2. The lowest BCUT2D eigenvalue weighted by atomic mass is 9.93. The molecule has 3 rings (SSSR count). The molecule has 0 aliphatic heterocycles. The van der Waals surface area contributed by atoms with E-state index in [9.17, 15) is 13.2 Å². The summed E-state index contributed by atoms with van der Waals surface area (Å²) in [5.74, 6) is -0.109. The zero-order valence-corrected chi connectivity index (χ0v) is 21.4. The van der Waals surface area contributed by atoms with Crippen LogP contribution in [-0.4, -0.2) is 27.1 Å². The second-order valence-corrected chi connectivity index (χ2v) is 11.0. The maximum Gasteiger partial charge on any atom is 0.232 e. The molecular formula is C28H34N2O3S. The number of sulfonamides is 1. The van der Waals surface area contributed by atoms with Crippen molar-refractivity contribution < 1.29 is 13.2 Å². The van der Waals surface area contributed by atoms with E-state index >= 15 is 0 Å². The van der Waals surface area contributed by atoms with E-state index in [-0.39, 0.29) is 24.9 Å². The van der Waals surface area contributed by atoms with Crippen LogP contribution in [0.5, 0.6) is 0 Å². The predicted octanol–water partition coefficient (Wildman–Crippen LogP) is 5.37. The number of carbonyl (C=O) groups excluding carboxylic acids is 1. The number of aryl methyl sites for hydroxylation is 4. The Labute approximate surface area is 203 Å². The minimum absolute atomic E-state index is 0.109. The minimum Gasteiger partial charge on any atom is -0.345 e. The van der Waals surface area contributed by atoms with Gasteiger partial charge in [-0.3, -0.25) is 9.10 Å². The molecule has 0 aliphatic rings. The summed E-state index contributed by atoms with van der Waals surface area (Å²) in [7, 11) is -3.47. The van der Waals surface area contributed by atoms with Crippen molar-refractivity contribution in [1.82, 2.24) is 5.32 Å². The van der Waals surface area contributed by atoms with Crippen LogP contribution < -0.4 is 9.62 Å². The zero-order valence-electron chi connectivity index (χ0n) is 20.6.